The van der Waals surface area contributed by atoms with Crippen LogP contribution in [0.5, 0.6) is 5.75 Å². The van der Waals surface area contributed by atoms with E-state index < -0.39 is 0 Å². The van der Waals surface area contributed by atoms with Crippen molar-refractivity contribution in [1.29, 1.82) is 0 Å². The summed E-state index contributed by atoms with van der Waals surface area (Å²) in [5.41, 5.74) is 5.83. The fourth-order valence-electron chi connectivity index (χ4n) is 1.60. The number of rotatable bonds is 7. The van der Waals surface area contributed by atoms with E-state index in [0.717, 1.165) is 30.2 Å². The van der Waals surface area contributed by atoms with Crippen molar-refractivity contribution in [3.05, 3.63) is 22.7 Å². The van der Waals surface area contributed by atoms with Gasteiger partial charge in [-0.3, -0.25) is 4.79 Å². The van der Waals surface area contributed by atoms with Crippen LogP contribution in [0.15, 0.2) is 22.7 Å². The van der Waals surface area contributed by atoms with Crippen LogP contribution in [0.1, 0.15) is 32.1 Å². The molecule has 4 N–H and O–H groups in total. The molecule has 1 aromatic carbocycles. The molecule has 4 nitrogen and oxygen atoms in total. The molecule has 0 heterocycles. The third-order valence-electron chi connectivity index (χ3n) is 2.59. The van der Waals surface area contributed by atoms with Crippen LogP contribution in [-0.4, -0.2) is 17.6 Å². The lowest BCUT2D eigenvalue weighted by molar-refractivity contribution is -0.116. The van der Waals surface area contributed by atoms with Crippen molar-refractivity contribution < 1.29 is 9.90 Å². The van der Waals surface area contributed by atoms with Crippen LogP contribution < -0.4 is 11.1 Å². The molecule has 100 valence electrons. The van der Waals surface area contributed by atoms with Crippen molar-refractivity contribution in [3.63, 3.8) is 0 Å². The predicted molar refractivity (Wildman–Crippen MR) is 76.6 cm³/mol. The zero-order valence-electron chi connectivity index (χ0n) is 10.3. The average Bonchev–Trinajstić information content (AvgIpc) is 2.33. The fraction of sp³-hybridized carbons (Fsp3) is 0.462. The summed E-state index contributed by atoms with van der Waals surface area (Å²) in [5, 5.41) is 12.3. The van der Waals surface area contributed by atoms with Gasteiger partial charge in [-0.15, -0.1) is 0 Å². The molecule has 0 aliphatic rings. The number of hydrogen-bond acceptors (Lipinski definition) is 3. The molecule has 0 saturated carbocycles. The third kappa shape index (κ3) is 5.51. The number of unbranched alkanes of at least 4 members (excludes halogenated alkanes) is 3. The van der Waals surface area contributed by atoms with Crippen LogP contribution in [0.4, 0.5) is 5.69 Å². The Kier molecular flexibility index (Phi) is 6.75. The molecule has 1 rings (SSSR count). The second-order valence-electron chi connectivity index (χ2n) is 4.16. The van der Waals surface area contributed by atoms with Crippen LogP contribution >= 0.6 is 15.9 Å². The highest BCUT2D eigenvalue weighted by atomic mass is 79.9. The number of carbonyl (C=O) groups is 1. The number of nitrogens with one attached hydrogen (secondary N) is 1. The van der Waals surface area contributed by atoms with Gasteiger partial charge >= 0.3 is 0 Å². The molecule has 1 amide bonds. The summed E-state index contributed by atoms with van der Waals surface area (Å²) in [6.07, 6.45) is 4.40. The molecule has 0 atom stereocenters. The number of benzene rings is 1. The summed E-state index contributed by atoms with van der Waals surface area (Å²) >= 11 is 3.29. The van der Waals surface area contributed by atoms with Crippen LogP contribution in [0, 0.1) is 0 Å². The van der Waals surface area contributed by atoms with Gasteiger partial charge in [0.25, 0.3) is 0 Å². The molecule has 18 heavy (non-hydrogen) atoms. The standard InChI is InChI=1S/C13H19BrN2O2/c14-10-6-7-12(17)11(9-10)16-13(18)5-3-1-2-4-8-15/h6-7,9,17H,1-5,8,15H2,(H,16,18). The van der Waals surface area contributed by atoms with Crippen molar-refractivity contribution in [2.45, 2.75) is 32.1 Å². The molecule has 0 saturated heterocycles. The molecule has 0 aliphatic heterocycles. The van der Waals surface area contributed by atoms with E-state index >= 15 is 0 Å². The zero-order chi connectivity index (χ0) is 13.4. The molecule has 0 radical (unpaired) electrons. The van der Waals surface area contributed by atoms with Crippen molar-refractivity contribution in [2.24, 2.45) is 5.73 Å². The number of amides is 1. The van der Waals surface area contributed by atoms with Crippen LogP contribution in [0.25, 0.3) is 0 Å². The monoisotopic (exact) mass is 314 g/mol. The highest BCUT2D eigenvalue weighted by Gasteiger charge is 2.06. The van der Waals surface area contributed by atoms with Gasteiger partial charge in [-0.1, -0.05) is 28.8 Å². The molecule has 0 aliphatic carbocycles. The first-order valence-electron chi connectivity index (χ1n) is 6.12. The number of carbonyl (C=O) groups excluding carboxylic acids is 1. The highest BCUT2D eigenvalue weighted by Crippen LogP contribution is 2.26. The third-order valence-corrected chi connectivity index (χ3v) is 3.08. The quantitative estimate of drug-likeness (QED) is 0.535. The normalized spacial score (nSPS) is 10.3. The minimum absolute atomic E-state index is 0.0730. The van der Waals surface area contributed by atoms with Crippen molar-refractivity contribution in [3.8, 4) is 5.75 Å². The Morgan fingerprint density at radius 2 is 2.00 bits per heavy atom. The number of aromatic hydroxyl groups is 1. The van der Waals surface area contributed by atoms with Crippen LogP contribution in [0.3, 0.4) is 0 Å². The Labute approximate surface area is 116 Å². The van der Waals surface area contributed by atoms with Crippen molar-refractivity contribution >= 4 is 27.5 Å². The van der Waals surface area contributed by atoms with Gasteiger partial charge in [-0.2, -0.15) is 0 Å². The van der Waals surface area contributed by atoms with Gasteiger partial charge in [0.2, 0.25) is 5.91 Å². The first-order valence-corrected chi connectivity index (χ1v) is 6.91. The van der Waals surface area contributed by atoms with E-state index in [1.54, 1.807) is 18.2 Å². The maximum atomic E-state index is 11.6. The van der Waals surface area contributed by atoms with E-state index in [-0.39, 0.29) is 11.7 Å². The molecule has 0 unspecified atom stereocenters. The maximum absolute atomic E-state index is 11.6. The van der Waals surface area contributed by atoms with E-state index in [2.05, 4.69) is 21.2 Å². The number of anilines is 1. The molecule has 5 heteroatoms. The average molecular weight is 315 g/mol. The SMILES string of the molecule is NCCCCCCC(=O)Nc1cc(Br)ccc1O. The van der Waals surface area contributed by atoms with Gasteiger partial charge in [0.05, 0.1) is 5.69 Å². The highest BCUT2D eigenvalue weighted by molar-refractivity contribution is 9.10. The Hall–Kier alpha value is -1.07. The minimum atomic E-state index is -0.0730. The summed E-state index contributed by atoms with van der Waals surface area (Å²) < 4.78 is 0.818. The summed E-state index contributed by atoms with van der Waals surface area (Å²) in [6.45, 7) is 0.706. The zero-order valence-corrected chi connectivity index (χ0v) is 11.9. The lowest BCUT2D eigenvalue weighted by Gasteiger charge is -2.07. The topological polar surface area (TPSA) is 75.4 Å². The first-order chi connectivity index (χ1) is 8.63. The van der Waals surface area contributed by atoms with Crippen LogP contribution in [-0.2, 0) is 4.79 Å². The lowest BCUT2D eigenvalue weighted by Crippen LogP contribution is -2.11. The Morgan fingerprint density at radius 1 is 1.28 bits per heavy atom. The predicted octanol–water partition coefficient (Wildman–Crippen LogP) is 3.00. The summed E-state index contributed by atoms with van der Waals surface area (Å²) in [7, 11) is 0. The number of phenols is 1. The van der Waals surface area contributed by atoms with E-state index in [9.17, 15) is 9.90 Å². The van der Waals surface area contributed by atoms with Gasteiger partial charge in [-0.05, 0) is 37.6 Å². The van der Waals surface area contributed by atoms with Gasteiger partial charge in [0.15, 0.2) is 0 Å². The number of nitrogens with two attached hydrogens (primary N) is 1. The van der Waals surface area contributed by atoms with E-state index in [0.29, 0.717) is 18.7 Å². The van der Waals surface area contributed by atoms with Gasteiger partial charge in [0.1, 0.15) is 5.75 Å². The first kappa shape index (κ1) is 15.0. The lowest BCUT2D eigenvalue weighted by atomic mass is 10.1. The van der Waals surface area contributed by atoms with Crippen molar-refractivity contribution in [1.82, 2.24) is 0 Å². The molecular weight excluding hydrogens is 296 g/mol. The smallest absolute Gasteiger partial charge is 0.224 e. The molecule has 0 fully saturated rings. The van der Waals surface area contributed by atoms with Crippen LogP contribution in [0.2, 0.25) is 0 Å². The molecule has 0 aromatic heterocycles. The van der Waals surface area contributed by atoms with E-state index in [1.807, 2.05) is 0 Å². The second kappa shape index (κ2) is 8.11. The number of halogens is 1. The van der Waals surface area contributed by atoms with Gasteiger partial charge < -0.3 is 16.2 Å². The number of phenolic OH excluding ortho intramolecular Hbond substituents is 1. The molecular formula is C13H19BrN2O2. The second-order valence-corrected chi connectivity index (χ2v) is 5.08. The molecule has 0 bridgehead atoms. The largest absolute Gasteiger partial charge is 0.506 e. The van der Waals surface area contributed by atoms with Gasteiger partial charge in [-0.25, -0.2) is 0 Å². The Balaban J connectivity index is 2.33. The Bertz CT molecular complexity index is 397. The van der Waals surface area contributed by atoms with Gasteiger partial charge in [0, 0.05) is 10.9 Å². The van der Waals surface area contributed by atoms with E-state index in [4.69, 9.17) is 5.73 Å². The summed E-state index contributed by atoms with van der Waals surface area (Å²) in [6, 6.07) is 4.94. The Morgan fingerprint density at radius 3 is 2.72 bits per heavy atom. The molecule has 0 spiro atoms. The number of hydrogen-bond donors (Lipinski definition) is 3. The maximum Gasteiger partial charge on any atom is 0.224 e. The summed E-state index contributed by atoms with van der Waals surface area (Å²) in [5.74, 6) is 0.00540. The fourth-order valence-corrected chi connectivity index (χ4v) is 1.97. The molecule has 1 aromatic rings. The van der Waals surface area contributed by atoms with E-state index in [1.165, 1.54) is 0 Å². The summed E-state index contributed by atoms with van der Waals surface area (Å²) in [4.78, 5) is 11.6. The minimum Gasteiger partial charge on any atom is -0.506 e. The van der Waals surface area contributed by atoms with Crippen molar-refractivity contribution in [2.75, 3.05) is 11.9 Å².